The van der Waals surface area contributed by atoms with E-state index in [-0.39, 0.29) is 19.0 Å². The second kappa shape index (κ2) is 6.18. The summed E-state index contributed by atoms with van der Waals surface area (Å²) in [7, 11) is 0. The Morgan fingerprint density at radius 3 is 2.00 bits per heavy atom. The van der Waals surface area contributed by atoms with Crippen LogP contribution in [0.15, 0.2) is 24.3 Å². The fourth-order valence-corrected chi connectivity index (χ4v) is 1.19. The molecule has 0 aliphatic heterocycles. The summed E-state index contributed by atoms with van der Waals surface area (Å²) in [6.07, 6.45) is -4.41. The molecule has 1 aromatic carbocycles. The van der Waals surface area contributed by atoms with E-state index in [0.717, 1.165) is 24.3 Å². The first kappa shape index (κ1) is 15.7. The van der Waals surface area contributed by atoms with Gasteiger partial charge in [0.2, 0.25) is 0 Å². The zero-order valence-corrected chi connectivity index (χ0v) is 9.59. The van der Waals surface area contributed by atoms with Crippen molar-refractivity contribution in [3.05, 3.63) is 24.3 Å². The van der Waals surface area contributed by atoms with Gasteiger partial charge in [-0.25, -0.2) is 0 Å². The van der Waals surface area contributed by atoms with E-state index in [9.17, 15) is 26.1 Å². The molecule has 2 nitrogen and oxygen atoms in total. The van der Waals surface area contributed by atoms with Crippen LogP contribution < -0.4 is 10.2 Å². The van der Waals surface area contributed by atoms with E-state index in [1.165, 1.54) is 0 Å². The lowest BCUT2D eigenvalue weighted by Crippen LogP contribution is -2.33. The lowest BCUT2D eigenvalue weighted by Gasteiger charge is -2.15. The first-order valence-electron chi connectivity index (χ1n) is 5.26. The van der Waals surface area contributed by atoms with Gasteiger partial charge < -0.3 is 22.4 Å². The highest BCUT2D eigenvalue weighted by molar-refractivity contribution is 6.73. The molecule has 0 aliphatic rings. The summed E-state index contributed by atoms with van der Waals surface area (Å²) < 4.78 is 81.1. The lowest BCUT2D eigenvalue weighted by molar-refractivity contribution is -0.175. The van der Waals surface area contributed by atoms with E-state index in [2.05, 4.69) is 4.74 Å². The first-order chi connectivity index (χ1) is 8.68. The molecule has 0 radical (unpaired) electrons. The molecule has 0 spiro atoms. The van der Waals surface area contributed by atoms with Crippen LogP contribution in [0.2, 0.25) is 0 Å². The molecule has 0 aromatic heterocycles. The Morgan fingerprint density at radius 2 is 1.53 bits per heavy atom. The van der Waals surface area contributed by atoms with Gasteiger partial charge in [0.15, 0.2) is 0 Å². The van der Waals surface area contributed by atoms with Crippen LogP contribution in [0.25, 0.3) is 0 Å². The van der Waals surface area contributed by atoms with Crippen molar-refractivity contribution in [1.82, 2.24) is 0 Å². The van der Waals surface area contributed by atoms with Gasteiger partial charge in [0.25, 0.3) is 0 Å². The zero-order valence-electron chi connectivity index (χ0n) is 9.59. The van der Waals surface area contributed by atoms with Crippen molar-refractivity contribution in [3.8, 4) is 5.75 Å². The Labute approximate surface area is 105 Å². The summed E-state index contributed by atoms with van der Waals surface area (Å²) >= 11 is 0. The van der Waals surface area contributed by atoms with Gasteiger partial charge in [-0.3, -0.25) is 0 Å². The second-order valence-electron chi connectivity index (χ2n) is 3.66. The molecule has 0 saturated heterocycles. The molecule has 0 atom stereocenters. The second-order valence-corrected chi connectivity index (χ2v) is 3.66. The molecule has 0 saturated carbocycles. The molecule has 1 rings (SSSR count). The molecule has 0 heterocycles. The molecule has 19 heavy (non-hydrogen) atoms. The quantitative estimate of drug-likeness (QED) is 0.455. The molecular weight excluding hydrogens is 277 g/mol. The number of hydrogen-bond donors (Lipinski definition) is 0. The molecule has 0 fully saturated rings. The molecule has 9 heteroatoms. The summed E-state index contributed by atoms with van der Waals surface area (Å²) in [5.74, 6) is 0.138. The number of halogens is 6. The average molecular weight is 287 g/mol. The molecule has 0 amide bonds. The van der Waals surface area contributed by atoms with Gasteiger partial charge in [-0.15, -0.1) is 5.46 Å². The van der Waals surface area contributed by atoms with Crippen molar-refractivity contribution in [2.24, 2.45) is 0 Å². The van der Waals surface area contributed by atoms with Crippen molar-refractivity contribution >= 4 is 12.4 Å². The minimum Gasteiger partial charge on any atom is -0.491 e. The van der Waals surface area contributed by atoms with E-state index in [0.29, 0.717) is 0 Å². The maximum atomic E-state index is 12.3. The van der Waals surface area contributed by atoms with Gasteiger partial charge in [0.1, 0.15) is 19.0 Å². The van der Waals surface area contributed by atoms with E-state index >= 15 is 0 Å². The fraction of sp³-hybridized carbons (Fsp3) is 0.400. The minimum absolute atomic E-state index is 0.138. The highest BCUT2D eigenvalue weighted by Gasteiger charge is 2.27. The van der Waals surface area contributed by atoms with Crippen LogP contribution in [-0.2, 0) is 4.74 Å². The van der Waals surface area contributed by atoms with Crippen molar-refractivity contribution in [3.63, 3.8) is 0 Å². The monoisotopic (exact) mass is 287 g/mol. The van der Waals surface area contributed by atoms with Gasteiger partial charge in [-0.2, -0.15) is 13.2 Å². The third-order valence-electron chi connectivity index (χ3n) is 2.02. The maximum absolute atomic E-state index is 12.3. The molecular formula is C10H10BF6O2-. The average Bonchev–Trinajstić information content (AvgIpc) is 2.26. The van der Waals surface area contributed by atoms with Crippen LogP contribution in [0.5, 0.6) is 5.75 Å². The van der Waals surface area contributed by atoms with Gasteiger partial charge in [0.05, 0.1) is 6.61 Å². The Hall–Kier alpha value is -1.38. The Balaban J connectivity index is 2.31. The van der Waals surface area contributed by atoms with Crippen molar-refractivity contribution < 1.29 is 35.6 Å². The third kappa shape index (κ3) is 6.37. The van der Waals surface area contributed by atoms with E-state index in [1.807, 2.05) is 0 Å². The number of hydrogen-bond acceptors (Lipinski definition) is 2. The predicted molar refractivity (Wildman–Crippen MR) is 57.5 cm³/mol. The van der Waals surface area contributed by atoms with Crippen LogP contribution in [0, 0.1) is 0 Å². The van der Waals surface area contributed by atoms with Crippen LogP contribution in [0.4, 0.5) is 26.1 Å². The maximum Gasteiger partial charge on any atom is 0.509 e. The topological polar surface area (TPSA) is 18.5 Å². The Morgan fingerprint density at radius 1 is 0.947 bits per heavy atom. The largest absolute Gasteiger partial charge is 0.509 e. The minimum atomic E-state index is -5.06. The Kier molecular flexibility index (Phi) is 5.10. The van der Waals surface area contributed by atoms with Crippen molar-refractivity contribution in [2.75, 3.05) is 19.8 Å². The molecule has 0 unspecified atom stereocenters. The highest BCUT2D eigenvalue weighted by atomic mass is 19.4. The van der Waals surface area contributed by atoms with Gasteiger partial charge in [-0.05, 0) is 12.1 Å². The molecule has 0 aliphatic carbocycles. The van der Waals surface area contributed by atoms with Gasteiger partial charge >= 0.3 is 13.2 Å². The number of benzene rings is 1. The highest BCUT2D eigenvalue weighted by Crippen LogP contribution is 2.15. The van der Waals surface area contributed by atoms with Crippen molar-refractivity contribution in [1.29, 1.82) is 0 Å². The molecule has 0 bridgehead atoms. The SMILES string of the molecule is F[B-](F)(F)c1ccc(OCCOCC(F)(F)F)cc1. The smallest absolute Gasteiger partial charge is 0.491 e. The van der Waals surface area contributed by atoms with Crippen LogP contribution in [0.3, 0.4) is 0 Å². The van der Waals surface area contributed by atoms with Crippen LogP contribution >= 0.6 is 0 Å². The van der Waals surface area contributed by atoms with Crippen LogP contribution in [0.1, 0.15) is 0 Å². The summed E-state index contributed by atoms with van der Waals surface area (Å²) in [5, 5.41) is 0. The zero-order chi connectivity index (χ0) is 14.5. The fourth-order valence-electron chi connectivity index (χ4n) is 1.19. The normalized spacial score (nSPS) is 12.5. The van der Waals surface area contributed by atoms with E-state index in [1.54, 1.807) is 0 Å². The predicted octanol–water partition coefficient (Wildman–Crippen LogP) is 2.70. The third-order valence-corrected chi connectivity index (χ3v) is 2.02. The van der Waals surface area contributed by atoms with Gasteiger partial charge in [0, 0.05) is 0 Å². The molecule has 0 N–H and O–H groups in total. The Bertz CT molecular complexity index is 386. The van der Waals surface area contributed by atoms with Crippen LogP contribution in [-0.4, -0.2) is 33.0 Å². The van der Waals surface area contributed by atoms with E-state index < -0.39 is 25.2 Å². The first-order valence-corrected chi connectivity index (χ1v) is 5.26. The summed E-state index contributed by atoms with van der Waals surface area (Å²) in [6.45, 7) is -6.92. The number of ether oxygens (including phenoxy) is 2. The molecule has 1 aromatic rings. The van der Waals surface area contributed by atoms with Crippen molar-refractivity contribution in [2.45, 2.75) is 6.18 Å². The van der Waals surface area contributed by atoms with Gasteiger partial charge in [-0.1, -0.05) is 12.1 Å². The standard InChI is InChI=1S/C10H10BF6O2/c12-10(13,14)7-18-5-6-19-9-3-1-8(2-4-9)11(15,16)17/h1-4H,5-7H2/q-1. The summed E-state index contributed by atoms with van der Waals surface area (Å²) in [4.78, 5) is 0. The lowest BCUT2D eigenvalue weighted by atomic mass is 9.80. The van der Waals surface area contributed by atoms with E-state index in [4.69, 9.17) is 4.74 Å². The number of rotatable bonds is 6. The summed E-state index contributed by atoms with van der Waals surface area (Å²) in [6, 6.07) is 3.92. The summed E-state index contributed by atoms with van der Waals surface area (Å²) in [5.41, 5.74) is -0.763. The molecule has 108 valence electrons. The number of alkyl halides is 3.